The van der Waals surface area contributed by atoms with Crippen LogP contribution in [0, 0.1) is 6.92 Å². The van der Waals surface area contributed by atoms with Gasteiger partial charge in [-0.05, 0) is 19.1 Å². The molecule has 3 aromatic rings. The van der Waals surface area contributed by atoms with Gasteiger partial charge in [-0.1, -0.05) is 0 Å². The fourth-order valence-electron chi connectivity index (χ4n) is 3.14. The molecule has 0 N–H and O–H groups in total. The maximum atomic E-state index is 12.7. The minimum atomic E-state index is -0.242. The number of anilines is 1. The molecule has 4 rings (SSSR count). The maximum Gasteiger partial charge on any atom is 0.274 e. The van der Waals surface area contributed by atoms with Crippen LogP contribution in [-0.4, -0.2) is 66.5 Å². The van der Waals surface area contributed by atoms with Gasteiger partial charge in [-0.25, -0.2) is 19.3 Å². The van der Waals surface area contributed by atoms with E-state index in [0.29, 0.717) is 37.8 Å². The molecule has 1 fully saturated rings. The number of rotatable bonds is 3. The van der Waals surface area contributed by atoms with E-state index in [1.807, 2.05) is 25.3 Å². The van der Waals surface area contributed by atoms with Crippen molar-refractivity contribution in [1.29, 1.82) is 0 Å². The average molecular weight is 380 g/mol. The summed E-state index contributed by atoms with van der Waals surface area (Å²) in [7, 11) is 1.53. The quantitative estimate of drug-likeness (QED) is 0.631. The van der Waals surface area contributed by atoms with Crippen LogP contribution in [0.3, 0.4) is 0 Å². The molecule has 0 aliphatic carbocycles. The Hall–Kier alpha value is -3.56. The van der Waals surface area contributed by atoms with Gasteiger partial charge in [-0.2, -0.15) is 10.2 Å². The van der Waals surface area contributed by atoms with E-state index in [9.17, 15) is 9.59 Å². The normalized spacial score (nSPS) is 14.4. The van der Waals surface area contributed by atoms with Gasteiger partial charge in [0.25, 0.3) is 11.5 Å². The molecule has 0 radical (unpaired) electrons. The number of piperazine rings is 1. The topological polar surface area (TPSA) is 102 Å². The Morgan fingerprint density at radius 3 is 2.50 bits per heavy atom. The second-order valence-electron chi connectivity index (χ2n) is 6.54. The third-order valence-corrected chi connectivity index (χ3v) is 4.62. The molecule has 144 valence electrons. The summed E-state index contributed by atoms with van der Waals surface area (Å²) < 4.78 is 2.87. The highest BCUT2D eigenvalue weighted by molar-refractivity contribution is 5.92. The summed E-state index contributed by atoms with van der Waals surface area (Å²) in [5.41, 5.74) is 0.0304. The SMILES string of the molecule is Cc1nc(N2CCN(C(=O)c3ccc(=O)n(C)n3)CC2)cc(-n2cccn2)n1. The summed E-state index contributed by atoms with van der Waals surface area (Å²) in [5.74, 6) is 2.01. The van der Waals surface area contributed by atoms with Crippen molar-refractivity contribution in [3.8, 4) is 5.82 Å². The number of aromatic nitrogens is 6. The zero-order valence-electron chi connectivity index (χ0n) is 15.7. The van der Waals surface area contributed by atoms with E-state index in [2.05, 4.69) is 25.1 Å². The van der Waals surface area contributed by atoms with Crippen molar-refractivity contribution in [1.82, 2.24) is 34.4 Å². The molecule has 0 unspecified atom stereocenters. The predicted octanol–water partition coefficient (Wildman–Crippen LogP) is 0.0268. The standard InChI is InChI=1S/C18H20N8O2/c1-13-20-15(12-16(21-13)26-7-3-6-19-26)24-8-10-25(11-9-24)18(28)14-4-5-17(27)23(2)22-14/h3-7,12H,8-11H2,1-2H3. The van der Waals surface area contributed by atoms with Crippen molar-refractivity contribution < 1.29 is 4.79 Å². The van der Waals surface area contributed by atoms with Gasteiger partial charge in [0.2, 0.25) is 0 Å². The minimum Gasteiger partial charge on any atom is -0.353 e. The number of amides is 1. The lowest BCUT2D eigenvalue weighted by atomic mass is 10.2. The van der Waals surface area contributed by atoms with Crippen molar-refractivity contribution in [3.63, 3.8) is 0 Å². The van der Waals surface area contributed by atoms with Crippen LogP contribution in [0.15, 0.2) is 41.5 Å². The molecular weight excluding hydrogens is 360 g/mol. The van der Waals surface area contributed by atoms with Gasteiger partial charge >= 0.3 is 0 Å². The van der Waals surface area contributed by atoms with Crippen LogP contribution >= 0.6 is 0 Å². The first-order valence-electron chi connectivity index (χ1n) is 8.95. The Morgan fingerprint density at radius 2 is 1.82 bits per heavy atom. The third kappa shape index (κ3) is 3.48. The van der Waals surface area contributed by atoms with Gasteiger partial charge in [0, 0.05) is 57.8 Å². The summed E-state index contributed by atoms with van der Waals surface area (Å²) in [6, 6.07) is 6.57. The number of carbonyl (C=O) groups excluding carboxylic acids is 1. The molecule has 28 heavy (non-hydrogen) atoms. The van der Waals surface area contributed by atoms with E-state index >= 15 is 0 Å². The van der Waals surface area contributed by atoms with Gasteiger partial charge in [-0.15, -0.1) is 0 Å². The van der Waals surface area contributed by atoms with Crippen molar-refractivity contribution in [2.24, 2.45) is 7.05 Å². The number of hydrogen-bond acceptors (Lipinski definition) is 7. The molecule has 0 spiro atoms. The smallest absolute Gasteiger partial charge is 0.274 e. The van der Waals surface area contributed by atoms with E-state index in [0.717, 1.165) is 5.82 Å². The van der Waals surface area contributed by atoms with Gasteiger partial charge in [0.1, 0.15) is 17.3 Å². The fraction of sp³-hybridized carbons (Fsp3) is 0.333. The van der Waals surface area contributed by atoms with Crippen LogP contribution in [0.2, 0.25) is 0 Å². The first-order chi connectivity index (χ1) is 13.5. The summed E-state index contributed by atoms with van der Waals surface area (Å²) >= 11 is 0. The van der Waals surface area contributed by atoms with E-state index in [1.165, 1.54) is 23.9 Å². The molecule has 3 aromatic heterocycles. The number of carbonyl (C=O) groups is 1. The number of hydrogen-bond donors (Lipinski definition) is 0. The molecule has 1 aliphatic heterocycles. The Morgan fingerprint density at radius 1 is 1.07 bits per heavy atom. The predicted molar refractivity (Wildman–Crippen MR) is 101 cm³/mol. The fourth-order valence-corrected chi connectivity index (χ4v) is 3.14. The first-order valence-corrected chi connectivity index (χ1v) is 8.95. The number of nitrogens with zero attached hydrogens (tertiary/aromatic N) is 8. The van der Waals surface area contributed by atoms with Crippen LogP contribution in [0.25, 0.3) is 5.82 Å². The van der Waals surface area contributed by atoms with Gasteiger partial charge < -0.3 is 9.80 Å². The van der Waals surface area contributed by atoms with Crippen LogP contribution < -0.4 is 10.5 Å². The molecule has 1 saturated heterocycles. The highest BCUT2D eigenvalue weighted by Gasteiger charge is 2.24. The highest BCUT2D eigenvalue weighted by atomic mass is 16.2. The third-order valence-electron chi connectivity index (χ3n) is 4.62. The molecule has 0 atom stereocenters. The van der Waals surface area contributed by atoms with Gasteiger partial charge in [-0.3, -0.25) is 9.59 Å². The lowest BCUT2D eigenvalue weighted by molar-refractivity contribution is 0.0738. The second-order valence-corrected chi connectivity index (χ2v) is 6.54. The van der Waals surface area contributed by atoms with Crippen molar-refractivity contribution >= 4 is 11.7 Å². The van der Waals surface area contributed by atoms with Crippen LogP contribution in [0.1, 0.15) is 16.3 Å². The van der Waals surface area contributed by atoms with Crippen LogP contribution in [-0.2, 0) is 7.05 Å². The Bertz CT molecular complexity index is 1050. The maximum absolute atomic E-state index is 12.7. The average Bonchev–Trinajstić information content (AvgIpc) is 3.24. The van der Waals surface area contributed by atoms with E-state index in [4.69, 9.17) is 0 Å². The van der Waals surface area contributed by atoms with Crippen LogP contribution in [0.4, 0.5) is 5.82 Å². The molecular formula is C18H20N8O2. The van der Waals surface area contributed by atoms with Crippen molar-refractivity contribution in [3.05, 3.63) is 58.5 Å². The largest absolute Gasteiger partial charge is 0.353 e. The summed E-state index contributed by atoms with van der Waals surface area (Å²) in [5, 5.41) is 8.27. The molecule has 0 bridgehead atoms. The zero-order valence-corrected chi connectivity index (χ0v) is 15.7. The summed E-state index contributed by atoms with van der Waals surface area (Å²) in [6.07, 6.45) is 3.54. The lowest BCUT2D eigenvalue weighted by Crippen LogP contribution is -2.49. The van der Waals surface area contributed by atoms with Gasteiger partial charge in [0.15, 0.2) is 5.82 Å². The Balaban J connectivity index is 1.47. The first kappa shape index (κ1) is 17.8. The molecule has 4 heterocycles. The zero-order chi connectivity index (χ0) is 19.7. The minimum absolute atomic E-state index is 0.175. The molecule has 1 amide bonds. The highest BCUT2D eigenvalue weighted by Crippen LogP contribution is 2.17. The molecule has 0 saturated carbocycles. The van der Waals surface area contributed by atoms with E-state index in [1.54, 1.807) is 15.8 Å². The Labute approximate surface area is 161 Å². The van der Waals surface area contributed by atoms with Crippen LogP contribution in [0.5, 0.6) is 0 Å². The van der Waals surface area contributed by atoms with E-state index in [-0.39, 0.29) is 17.2 Å². The summed E-state index contributed by atoms with van der Waals surface area (Å²) in [6.45, 7) is 4.23. The lowest BCUT2D eigenvalue weighted by Gasteiger charge is -2.35. The van der Waals surface area contributed by atoms with E-state index < -0.39 is 0 Å². The molecule has 0 aromatic carbocycles. The second kappa shape index (κ2) is 7.22. The van der Waals surface area contributed by atoms with Crippen molar-refractivity contribution in [2.45, 2.75) is 6.92 Å². The summed E-state index contributed by atoms with van der Waals surface area (Å²) in [4.78, 5) is 37.0. The monoisotopic (exact) mass is 380 g/mol. The molecule has 10 nitrogen and oxygen atoms in total. The molecule has 10 heteroatoms. The van der Waals surface area contributed by atoms with Gasteiger partial charge in [0.05, 0.1) is 0 Å². The molecule has 1 aliphatic rings. The number of aryl methyl sites for hydroxylation is 2. The van der Waals surface area contributed by atoms with Crippen molar-refractivity contribution in [2.75, 3.05) is 31.1 Å². The Kier molecular flexibility index (Phi) is 4.60.